The molecule has 56 heavy (non-hydrogen) atoms. The van der Waals surface area contributed by atoms with E-state index in [0.717, 1.165) is 67.0 Å². The van der Waals surface area contributed by atoms with Gasteiger partial charge in [0.25, 0.3) is 0 Å². The highest BCUT2D eigenvalue weighted by Gasteiger charge is 2.19. The molecule has 11 rings (SSSR count). The van der Waals surface area contributed by atoms with Crippen LogP contribution in [0, 0.1) is 0 Å². The lowest BCUT2D eigenvalue weighted by molar-refractivity contribution is 1.17. The first-order valence-corrected chi connectivity index (χ1v) is 18.9. The summed E-state index contributed by atoms with van der Waals surface area (Å²) in [5.74, 6) is 0.702. The number of nitrogens with zero attached hydrogens (tertiary/aromatic N) is 5. The molecule has 0 spiro atoms. The maximum atomic E-state index is 5.08. The van der Waals surface area contributed by atoms with Gasteiger partial charge in [-0.3, -0.25) is 4.98 Å². The van der Waals surface area contributed by atoms with Crippen LogP contribution in [-0.4, -0.2) is 24.1 Å². The number of rotatable bonds is 6. The molecular weight excluding hydrogens is 683 g/mol. The largest absolute Gasteiger partial charge is 0.309 e. The molecule has 11 aromatic rings. The molecule has 4 heterocycles. The van der Waals surface area contributed by atoms with Gasteiger partial charge in [0.2, 0.25) is 0 Å². The lowest BCUT2D eigenvalue weighted by Crippen LogP contribution is -1.97. The molecule has 0 bridgehead atoms. The van der Waals surface area contributed by atoms with Gasteiger partial charge in [-0.1, -0.05) is 133 Å². The van der Waals surface area contributed by atoms with Crippen molar-refractivity contribution in [2.24, 2.45) is 0 Å². The monoisotopic (exact) mass is 715 g/mol. The van der Waals surface area contributed by atoms with Gasteiger partial charge in [0.1, 0.15) is 0 Å². The van der Waals surface area contributed by atoms with E-state index in [2.05, 4.69) is 161 Å². The number of hydrogen-bond acceptors (Lipinski definition) is 3. The number of pyridine rings is 1. The average molecular weight is 716 g/mol. The van der Waals surface area contributed by atoms with Gasteiger partial charge in [0.15, 0.2) is 5.82 Å². The topological polar surface area (TPSA) is 48.5 Å². The summed E-state index contributed by atoms with van der Waals surface area (Å²) in [6.45, 7) is 0. The quantitative estimate of drug-likeness (QED) is 0.172. The molecule has 5 nitrogen and oxygen atoms in total. The Morgan fingerprint density at radius 2 is 0.964 bits per heavy atom. The molecule has 4 aromatic heterocycles. The normalized spacial score (nSPS) is 11.6. The maximum Gasteiger partial charge on any atom is 0.160 e. The second-order valence-corrected chi connectivity index (χ2v) is 14.1. The van der Waals surface area contributed by atoms with Crippen molar-refractivity contribution in [2.75, 3.05) is 0 Å². The van der Waals surface area contributed by atoms with Crippen LogP contribution in [0.4, 0.5) is 0 Å². The molecule has 0 aliphatic carbocycles. The Morgan fingerprint density at radius 3 is 1.73 bits per heavy atom. The summed E-state index contributed by atoms with van der Waals surface area (Å²) < 4.78 is 4.74. The molecule has 0 unspecified atom stereocenters. The number of para-hydroxylation sites is 3. The van der Waals surface area contributed by atoms with E-state index < -0.39 is 0 Å². The van der Waals surface area contributed by atoms with E-state index in [4.69, 9.17) is 15.0 Å². The van der Waals surface area contributed by atoms with E-state index in [0.29, 0.717) is 5.82 Å². The second-order valence-electron chi connectivity index (χ2n) is 14.1. The third-order valence-electron chi connectivity index (χ3n) is 10.8. The number of hydrogen-bond donors (Lipinski definition) is 0. The van der Waals surface area contributed by atoms with E-state index in [1.807, 2.05) is 48.7 Å². The fourth-order valence-electron chi connectivity index (χ4n) is 8.22. The lowest BCUT2D eigenvalue weighted by atomic mass is 10.0. The molecule has 0 saturated heterocycles. The van der Waals surface area contributed by atoms with E-state index in [1.54, 1.807) is 0 Å². The molecule has 0 fully saturated rings. The van der Waals surface area contributed by atoms with Crippen LogP contribution in [0.5, 0.6) is 0 Å². The predicted molar refractivity (Wildman–Crippen MR) is 230 cm³/mol. The first-order valence-electron chi connectivity index (χ1n) is 18.9. The fraction of sp³-hybridized carbons (Fsp3) is 0. The highest BCUT2D eigenvalue weighted by atomic mass is 15.0. The van der Waals surface area contributed by atoms with Gasteiger partial charge in [0, 0.05) is 56.0 Å². The Hall–Kier alpha value is -7.63. The summed E-state index contributed by atoms with van der Waals surface area (Å²) >= 11 is 0. The summed E-state index contributed by atoms with van der Waals surface area (Å²) in [5, 5.41) is 3.58. The first-order chi connectivity index (χ1) is 27.8. The van der Waals surface area contributed by atoms with Crippen LogP contribution in [0.25, 0.3) is 100 Å². The Bertz CT molecular complexity index is 3160. The predicted octanol–water partition coefficient (Wildman–Crippen LogP) is 12.7. The van der Waals surface area contributed by atoms with E-state index in [-0.39, 0.29) is 0 Å². The van der Waals surface area contributed by atoms with Gasteiger partial charge >= 0.3 is 0 Å². The van der Waals surface area contributed by atoms with Crippen molar-refractivity contribution in [1.82, 2.24) is 24.1 Å². The van der Waals surface area contributed by atoms with Crippen molar-refractivity contribution < 1.29 is 0 Å². The molecule has 0 N–H and O–H groups in total. The van der Waals surface area contributed by atoms with Crippen molar-refractivity contribution in [2.45, 2.75) is 0 Å². The van der Waals surface area contributed by atoms with Crippen LogP contribution in [0.1, 0.15) is 0 Å². The summed E-state index contributed by atoms with van der Waals surface area (Å²) in [6, 6.07) is 68.3. The number of aromatic nitrogens is 5. The molecule has 0 amide bonds. The zero-order chi connectivity index (χ0) is 37.0. The SMILES string of the molecule is c1ccc(-c2cc(-c3ccc(-n4c5cc(-c6cccc7c8ccccc8n(-c8ccccc8)c67)ccc5c5ncccc54)cc3)nc(-c3ccccc3)n2)cc1. The fourth-order valence-corrected chi connectivity index (χ4v) is 8.22. The lowest BCUT2D eigenvalue weighted by Gasteiger charge is -2.13. The molecule has 0 aliphatic heterocycles. The Morgan fingerprint density at radius 1 is 0.357 bits per heavy atom. The van der Waals surface area contributed by atoms with E-state index >= 15 is 0 Å². The standard InChI is InChI=1S/C51H33N5/c1-4-14-34(15-5-1)44-33-45(54-51(53-44)36-16-6-2-7-17-36)35-25-28-39(29-26-35)55-47-24-13-31-52-49(47)43-30-27-37(32-48(43)55)40-21-12-22-42-41-20-10-11-23-46(41)56(50(40)42)38-18-8-3-9-19-38/h1-33H. The van der Waals surface area contributed by atoms with Crippen LogP contribution < -0.4 is 0 Å². The van der Waals surface area contributed by atoms with Crippen LogP contribution in [0.15, 0.2) is 200 Å². The maximum absolute atomic E-state index is 5.08. The van der Waals surface area contributed by atoms with Gasteiger partial charge in [-0.15, -0.1) is 0 Å². The summed E-state index contributed by atoms with van der Waals surface area (Å²) in [7, 11) is 0. The van der Waals surface area contributed by atoms with Crippen LogP contribution in [-0.2, 0) is 0 Å². The van der Waals surface area contributed by atoms with Crippen molar-refractivity contribution >= 4 is 43.7 Å². The van der Waals surface area contributed by atoms with Gasteiger partial charge in [-0.05, 0) is 66.2 Å². The van der Waals surface area contributed by atoms with Crippen molar-refractivity contribution in [1.29, 1.82) is 0 Å². The van der Waals surface area contributed by atoms with Gasteiger partial charge in [-0.2, -0.15) is 0 Å². The average Bonchev–Trinajstić information content (AvgIpc) is 3.80. The van der Waals surface area contributed by atoms with Crippen molar-refractivity contribution in [3.63, 3.8) is 0 Å². The molecule has 0 aliphatic rings. The van der Waals surface area contributed by atoms with E-state index in [9.17, 15) is 0 Å². The molecule has 5 heteroatoms. The number of fused-ring (bicyclic) bond motifs is 6. The smallest absolute Gasteiger partial charge is 0.160 e. The third-order valence-corrected chi connectivity index (χ3v) is 10.8. The minimum absolute atomic E-state index is 0.702. The highest BCUT2D eigenvalue weighted by Crippen LogP contribution is 2.40. The number of benzene rings is 7. The molecule has 262 valence electrons. The van der Waals surface area contributed by atoms with Gasteiger partial charge in [0.05, 0.1) is 39.0 Å². The molecule has 0 saturated carbocycles. The Kier molecular flexibility index (Phi) is 7.42. The first kappa shape index (κ1) is 31.9. The van der Waals surface area contributed by atoms with Crippen LogP contribution in [0.2, 0.25) is 0 Å². The molecular formula is C51H33N5. The zero-order valence-corrected chi connectivity index (χ0v) is 30.3. The summed E-state index contributed by atoms with van der Waals surface area (Å²) in [6.07, 6.45) is 1.88. The Balaban J connectivity index is 1.08. The second kappa shape index (κ2) is 13.0. The van der Waals surface area contributed by atoms with E-state index in [1.165, 1.54) is 27.4 Å². The molecule has 0 radical (unpaired) electrons. The van der Waals surface area contributed by atoms with Gasteiger partial charge in [-0.25, -0.2) is 9.97 Å². The minimum atomic E-state index is 0.702. The molecule has 0 atom stereocenters. The van der Waals surface area contributed by atoms with Crippen LogP contribution >= 0.6 is 0 Å². The summed E-state index contributed by atoms with van der Waals surface area (Å²) in [5.41, 5.74) is 14.9. The third kappa shape index (κ3) is 5.21. The van der Waals surface area contributed by atoms with Crippen molar-refractivity contribution in [3.8, 4) is 56.4 Å². The minimum Gasteiger partial charge on any atom is -0.309 e. The zero-order valence-electron chi connectivity index (χ0n) is 30.3. The molecule has 7 aromatic carbocycles. The van der Waals surface area contributed by atoms with Crippen LogP contribution in [0.3, 0.4) is 0 Å². The van der Waals surface area contributed by atoms with Crippen molar-refractivity contribution in [3.05, 3.63) is 200 Å². The van der Waals surface area contributed by atoms with Gasteiger partial charge < -0.3 is 9.13 Å². The highest BCUT2D eigenvalue weighted by molar-refractivity contribution is 6.15. The Labute approximate surface area is 323 Å². The summed E-state index contributed by atoms with van der Waals surface area (Å²) in [4.78, 5) is 15.0.